The molecule has 0 aromatic heterocycles. The molecule has 3 heterocycles. The molecule has 4 N–H and O–H groups in total. The first-order valence-corrected chi connectivity index (χ1v) is 21.4. The van der Waals surface area contributed by atoms with Gasteiger partial charge in [0.05, 0.1) is 49.6 Å². The van der Waals surface area contributed by atoms with Gasteiger partial charge in [-0.05, 0) is 58.1 Å². The number of fused-ring (bicyclic) bond motifs is 3. The lowest BCUT2D eigenvalue weighted by Crippen LogP contribution is -2.56. The monoisotopic (exact) mass is 879 g/mol. The topological polar surface area (TPSA) is 184 Å². The van der Waals surface area contributed by atoms with Gasteiger partial charge in [0.1, 0.15) is 36.5 Å². The number of nitrogens with zero attached hydrogens (tertiary/aromatic N) is 2. The normalized spacial score (nSPS) is 22.6. The number of ether oxygens (including phenoxy) is 4. The molecule has 2 fully saturated rings. The molecular formula is C51H49N3O11. The number of anilines is 1. The second-order valence-electron chi connectivity index (χ2n) is 15.8. The molecule has 0 unspecified atom stereocenters. The molecule has 334 valence electrons. The first kappa shape index (κ1) is 44.7. The second kappa shape index (κ2) is 19.9. The third-order valence-corrected chi connectivity index (χ3v) is 12.1. The van der Waals surface area contributed by atoms with Gasteiger partial charge in [0, 0.05) is 25.6 Å². The summed E-state index contributed by atoms with van der Waals surface area (Å²) in [7, 11) is 1.44. The van der Waals surface area contributed by atoms with Crippen molar-refractivity contribution >= 4 is 29.6 Å². The van der Waals surface area contributed by atoms with Crippen LogP contribution >= 0.6 is 0 Å². The SMILES string of the molecule is COCCOC(=O)N1C(=O)[C@@]2(c3cc(C#CCCO)ccc31)[C@H](C(=O)NC[C@H](O)c1ccccc1)[C@H]1C(=O)O[C@H](c3ccccc3)[C@H](c3ccccc3)N1[C@@H]2c1cccc(OCCO)c1. The van der Waals surface area contributed by atoms with E-state index < -0.39 is 65.5 Å². The standard InChI is InChI=1S/C51H49N3O11/c1-62-28-29-64-50(61)53-40-24-23-33(14-11-12-25-55)30-39(40)51(49(53)60)42(47(58)52-32-41(57)34-15-5-2-6-16-34)44-48(59)65-45(36-19-9-4-10-20-36)43(35-17-7-3-8-18-35)54(44)46(51)37-21-13-22-38(31-37)63-27-26-56/h2-10,13,15-24,30-31,41-46,55-57H,12,25-29,32H2,1H3,(H,52,58)/t41-,42-,43-,44-,45+,46+,51-/m0/s1. The summed E-state index contributed by atoms with van der Waals surface area (Å²) in [4.78, 5) is 64.3. The van der Waals surface area contributed by atoms with E-state index in [-0.39, 0.29) is 57.3 Å². The van der Waals surface area contributed by atoms with E-state index in [1.807, 2.05) is 65.6 Å². The summed E-state index contributed by atoms with van der Waals surface area (Å²) < 4.78 is 23.2. The molecule has 0 aliphatic carbocycles. The van der Waals surface area contributed by atoms with Crippen LogP contribution in [0, 0.1) is 17.8 Å². The number of aliphatic hydroxyl groups excluding tert-OH is 3. The Kier molecular flexibility index (Phi) is 13.7. The Labute approximate surface area is 376 Å². The van der Waals surface area contributed by atoms with E-state index in [4.69, 9.17) is 18.9 Å². The number of nitrogens with one attached hydrogen (secondary N) is 1. The molecule has 7 atom stereocenters. The lowest BCUT2D eigenvalue weighted by atomic mass is 9.65. The minimum atomic E-state index is -2.12. The smallest absolute Gasteiger partial charge is 0.421 e. The highest BCUT2D eigenvalue weighted by Crippen LogP contribution is 2.66. The number of esters is 1. The molecule has 3 amide bonds. The van der Waals surface area contributed by atoms with Crippen molar-refractivity contribution in [2.75, 3.05) is 51.6 Å². The average molecular weight is 880 g/mol. The van der Waals surface area contributed by atoms with Crippen LogP contribution in [-0.4, -0.2) is 96.8 Å². The molecule has 0 saturated carbocycles. The summed E-state index contributed by atoms with van der Waals surface area (Å²) in [5, 5.41) is 33.6. The number of amides is 3. The van der Waals surface area contributed by atoms with Crippen LogP contribution in [0.3, 0.4) is 0 Å². The fraction of sp³-hybridized carbons (Fsp3) is 0.294. The number of carbonyl (C=O) groups is 4. The zero-order chi connectivity index (χ0) is 45.5. The molecule has 0 bridgehead atoms. The third kappa shape index (κ3) is 8.48. The number of hydrogen-bond acceptors (Lipinski definition) is 12. The van der Waals surface area contributed by atoms with Gasteiger partial charge >= 0.3 is 12.1 Å². The predicted octanol–water partition coefficient (Wildman–Crippen LogP) is 5.09. The average Bonchev–Trinajstić information content (AvgIpc) is 3.80. The fourth-order valence-corrected chi connectivity index (χ4v) is 9.50. The molecule has 14 heteroatoms. The van der Waals surface area contributed by atoms with Gasteiger partial charge in [0.2, 0.25) is 11.8 Å². The van der Waals surface area contributed by atoms with Crippen molar-refractivity contribution in [1.29, 1.82) is 0 Å². The second-order valence-corrected chi connectivity index (χ2v) is 15.8. The van der Waals surface area contributed by atoms with Crippen molar-refractivity contribution in [1.82, 2.24) is 10.2 Å². The predicted molar refractivity (Wildman–Crippen MR) is 237 cm³/mol. The summed E-state index contributed by atoms with van der Waals surface area (Å²) in [5.74, 6) is 2.28. The Morgan fingerprint density at radius 2 is 1.49 bits per heavy atom. The van der Waals surface area contributed by atoms with Gasteiger partial charge in [-0.15, -0.1) is 0 Å². The third-order valence-electron chi connectivity index (χ3n) is 12.1. The van der Waals surface area contributed by atoms with Crippen molar-refractivity contribution in [3.8, 4) is 17.6 Å². The highest BCUT2D eigenvalue weighted by Gasteiger charge is 2.75. The lowest BCUT2D eigenvalue weighted by Gasteiger charge is -2.46. The van der Waals surface area contributed by atoms with Crippen LogP contribution in [0.25, 0.3) is 0 Å². The van der Waals surface area contributed by atoms with Crippen LogP contribution in [0.1, 0.15) is 64.1 Å². The Balaban J connectivity index is 1.43. The number of methoxy groups -OCH3 is 1. The summed E-state index contributed by atoms with van der Waals surface area (Å²) in [6, 6.07) is 35.5. The number of carbonyl (C=O) groups excluding carboxylic acids is 4. The molecule has 1 spiro atoms. The van der Waals surface area contributed by atoms with E-state index in [1.54, 1.807) is 72.8 Å². The van der Waals surface area contributed by atoms with Gasteiger partial charge in [-0.3, -0.25) is 19.3 Å². The largest absolute Gasteiger partial charge is 0.491 e. The molecular weight excluding hydrogens is 831 g/mol. The van der Waals surface area contributed by atoms with E-state index in [0.29, 0.717) is 33.6 Å². The minimum absolute atomic E-state index is 0.0322. The maximum atomic E-state index is 16.2. The van der Waals surface area contributed by atoms with Gasteiger partial charge in [-0.25, -0.2) is 9.69 Å². The van der Waals surface area contributed by atoms with Crippen molar-refractivity contribution in [3.05, 3.63) is 167 Å². The van der Waals surface area contributed by atoms with Crippen LogP contribution < -0.4 is 15.0 Å². The van der Waals surface area contributed by atoms with Crippen LogP contribution in [0.15, 0.2) is 133 Å². The molecule has 2 saturated heterocycles. The summed E-state index contributed by atoms with van der Waals surface area (Å²) in [6.07, 6.45) is -3.01. The van der Waals surface area contributed by atoms with Crippen LogP contribution in [-0.2, 0) is 34.0 Å². The van der Waals surface area contributed by atoms with E-state index in [2.05, 4.69) is 17.2 Å². The fourth-order valence-electron chi connectivity index (χ4n) is 9.50. The maximum absolute atomic E-state index is 16.2. The maximum Gasteiger partial charge on any atom is 0.421 e. The van der Waals surface area contributed by atoms with Crippen molar-refractivity contribution in [2.45, 2.75) is 42.2 Å². The molecule has 3 aliphatic heterocycles. The van der Waals surface area contributed by atoms with Crippen LogP contribution in [0.5, 0.6) is 5.75 Å². The molecule has 5 aromatic carbocycles. The quantitative estimate of drug-likeness (QED) is 0.0660. The van der Waals surface area contributed by atoms with Gasteiger partial charge in [-0.1, -0.05) is 115 Å². The van der Waals surface area contributed by atoms with E-state index in [9.17, 15) is 20.1 Å². The Morgan fingerprint density at radius 3 is 2.18 bits per heavy atom. The zero-order valence-corrected chi connectivity index (χ0v) is 35.6. The van der Waals surface area contributed by atoms with E-state index >= 15 is 14.4 Å². The molecule has 0 radical (unpaired) electrons. The van der Waals surface area contributed by atoms with Crippen molar-refractivity contribution < 1.29 is 53.4 Å². The lowest BCUT2D eigenvalue weighted by molar-refractivity contribution is -0.178. The first-order chi connectivity index (χ1) is 31.7. The van der Waals surface area contributed by atoms with Gasteiger partial charge in [-0.2, -0.15) is 0 Å². The van der Waals surface area contributed by atoms with E-state index in [0.717, 1.165) is 4.90 Å². The number of cyclic esters (lactones) is 1. The molecule has 65 heavy (non-hydrogen) atoms. The number of benzene rings is 5. The Morgan fingerprint density at radius 1 is 0.800 bits per heavy atom. The number of morpholine rings is 1. The van der Waals surface area contributed by atoms with Crippen molar-refractivity contribution in [2.24, 2.45) is 5.92 Å². The minimum Gasteiger partial charge on any atom is -0.491 e. The van der Waals surface area contributed by atoms with Gasteiger partial charge in [0.25, 0.3) is 0 Å². The molecule has 5 aromatic rings. The number of imide groups is 1. The molecule has 8 rings (SSSR count). The Hall–Kier alpha value is -6.86. The van der Waals surface area contributed by atoms with Crippen LogP contribution in [0.4, 0.5) is 10.5 Å². The first-order valence-electron chi connectivity index (χ1n) is 21.4. The molecule has 14 nitrogen and oxygen atoms in total. The summed E-state index contributed by atoms with van der Waals surface area (Å²) in [5.41, 5.74) is 0.934. The van der Waals surface area contributed by atoms with Crippen LogP contribution in [0.2, 0.25) is 0 Å². The number of hydrogen-bond donors (Lipinski definition) is 4. The van der Waals surface area contributed by atoms with Gasteiger partial charge in [0.15, 0.2) is 0 Å². The molecule has 3 aliphatic rings. The number of rotatable bonds is 14. The highest BCUT2D eigenvalue weighted by molar-refractivity contribution is 6.23. The summed E-state index contributed by atoms with van der Waals surface area (Å²) in [6.45, 7) is -0.986. The highest BCUT2D eigenvalue weighted by atomic mass is 16.6. The van der Waals surface area contributed by atoms with E-state index in [1.165, 1.54) is 7.11 Å². The van der Waals surface area contributed by atoms with Gasteiger partial charge < -0.3 is 39.6 Å². The summed E-state index contributed by atoms with van der Waals surface area (Å²) >= 11 is 0. The zero-order valence-electron chi connectivity index (χ0n) is 35.6. The Bertz CT molecular complexity index is 2570. The number of aliphatic hydroxyl groups is 3. The van der Waals surface area contributed by atoms with Crippen molar-refractivity contribution in [3.63, 3.8) is 0 Å².